The lowest BCUT2D eigenvalue weighted by molar-refractivity contribution is 0.0691. The van der Waals surface area contributed by atoms with Crippen molar-refractivity contribution in [2.75, 3.05) is 5.75 Å². The van der Waals surface area contributed by atoms with Crippen molar-refractivity contribution in [2.24, 2.45) is 0 Å². The highest BCUT2D eigenvalue weighted by Crippen LogP contribution is 2.24. The predicted octanol–water partition coefficient (Wildman–Crippen LogP) is 1.97. The molecule has 1 rings (SSSR count). The number of benzene rings is 1. The number of hydrogen-bond acceptors (Lipinski definition) is 3. The van der Waals surface area contributed by atoms with Gasteiger partial charge in [0.15, 0.2) is 15.7 Å². The molecule has 0 bridgehead atoms. The van der Waals surface area contributed by atoms with Gasteiger partial charge in [0.1, 0.15) is 10.6 Å². The van der Waals surface area contributed by atoms with E-state index in [4.69, 9.17) is 16.7 Å². The number of aromatic carboxylic acids is 1. The largest absolute Gasteiger partial charge is 0.478 e. The molecule has 1 aromatic carbocycles. The molecule has 0 saturated carbocycles. The average Bonchev–Trinajstić information content (AvgIpc) is 2.28. The van der Waals surface area contributed by atoms with E-state index in [-0.39, 0.29) is 5.02 Å². The van der Waals surface area contributed by atoms with Crippen molar-refractivity contribution in [2.45, 2.75) is 11.8 Å². The van der Waals surface area contributed by atoms with Gasteiger partial charge in [0, 0.05) is 5.02 Å². The molecular formula is C11H8ClFO4S. The van der Waals surface area contributed by atoms with E-state index in [2.05, 4.69) is 11.8 Å². The molecular weight excluding hydrogens is 283 g/mol. The van der Waals surface area contributed by atoms with E-state index in [0.717, 1.165) is 12.1 Å². The number of carbonyl (C=O) groups is 1. The highest BCUT2D eigenvalue weighted by molar-refractivity contribution is 7.91. The second kappa shape index (κ2) is 5.38. The zero-order valence-corrected chi connectivity index (χ0v) is 10.8. The smallest absolute Gasteiger partial charge is 0.338 e. The lowest BCUT2D eigenvalue weighted by Crippen LogP contribution is -2.11. The van der Waals surface area contributed by atoms with E-state index >= 15 is 0 Å². The van der Waals surface area contributed by atoms with Gasteiger partial charge in [-0.3, -0.25) is 0 Å². The van der Waals surface area contributed by atoms with E-state index in [1.165, 1.54) is 6.92 Å². The van der Waals surface area contributed by atoms with E-state index in [9.17, 15) is 17.6 Å². The number of hydrogen-bond donors (Lipinski definition) is 1. The normalized spacial score (nSPS) is 10.6. The Kier molecular flexibility index (Phi) is 4.33. The van der Waals surface area contributed by atoms with Gasteiger partial charge in [-0.2, -0.15) is 0 Å². The second-order valence-corrected chi connectivity index (χ2v) is 5.65. The van der Waals surface area contributed by atoms with Crippen LogP contribution in [0.4, 0.5) is 4.39 Å². The van der Waals surface area contributed by atoms with Crippen LogP contribution in [0.2, 0.25) is 5.02 Å². The molecule has 1 N–H and O–H groups in total. The first-order valence-corrected chi connectivity index (χ1v) is 6.67. The lowest BCUT2D eigenvalue weighted by atomic mass is 10.2. The van der Waals surface area contributed by atoms with Crippen molar-refractivity contribution in [1.29, 1.82) is 0 Å². The molecule has 0 radical (unpaired) electrons. The summed E-state index contributed by atoms with van der Waals surface area (Å²) in [5, 5.41) is 8.57. The summed E-state index contributed by atoms with van der Waals surface area (Å²) in [5.41, 5.74) is -0.787. The minimum absolute atomic E-state index is 0.170. The van der Waals surface area contributed by atoms with Crippen LogP contribution >= 0.6 is 11.6 Å². The number of sulfone groups is 1. The first-order chi connectivity index (χ1) is 8.29. The Hall–Kier alpha value is -1.58. The molecule has 4 nitrogen and oxygen atoms in total. The van der Waals surface area contributed by atoms with Gasteiger partial charge in [-0.1, -0.05) is 17.5 Å². The molecule has 0 heterocycles. The standard InChI is InChI=1S/C11H8ClFO4S/c1-2-3-4-18(16,17)9-6-7(12)5-8(10(9)13)11(14)15/h5-6H,4H2,1H3,(H,14,15). The second-order valence-electron chi connectivity index (χ2n) is 3.26. The summed E-state index contributed by atoms with van der Waals surface area (Å²) in [5.74, 6) is 1.14. The first-order valence-electron chi connectivity index (χ1n) is 4.64. The third-order valence-corrected chi connectivity index (χ3v) is 3.72. The fraction of sp³-hybridized carbons (Fsp3) is 0.182. The quantitative estimate of drug-likeness (QED) is 0.864. The highest BCUT2D eigenvalue weighted by atomic mass is 35.5. The van der Waals surface area contributed by atoms with Gasteiger partial charge in [0.05, 0.1) is 5.56 Å². The van der Waals surface area contributed by atoms with Gasteiger partial charge in [0.25, 0.3) is 0 Å². The van der Waals surface area contributed by atoms with Crippen LogP contribution in [0.15, 0.2) is 17.0 Å². The Morgan fingerprint density at radius 2 is 2.11 bits per heavy atom. The Balaban J connectivity index is 3.50. The van der Waals surface area contributed by atoms with Crippen LogP contribution in [0.5, 0.6) is 0 Å². The molecule has 1 aromatic rings. The maximum atomic E-state index is 13.8. The molecule has 0 aromatic heterocycles. The molecule has 0 atom stereocenters. The number of halogens is 2. The highest BCUT2D eigenvalue weighted by Gasteiger charge is 2.24. The van der Waals surface area contributed by atoms with Crippen molar-refractivity contribution in [1.82, 2.24) is 0 Å². The third-order valence-electron chi connectivity index (χ3n) is 2.01. The van der Waals surface area contributed by atoms with Crippen molar-refractivity contribution in [3.63, 3.8) is 0 Å². The third kappa shape index (κ3) is 3.00. The molecule has 0 aliphatic heterocycles. The van der Waals surface area contributed by atoms with Crippen molar-refractivity contribution in [3.05, 3.63) is 28.5 Å². The lowest BCUT2D eigenvalue weighted by Gasteiger charge is -2.06. The molecule has 0 fully saturated rings. The van der Waals surface area contributed by atoms with Crippen LogP contribution in [-0.4, -0.2) is 25.2 Å². The van der Waals surface area contributed by atoms with Crippen LogP contribution in [0, 0.1) is 17.7 Å². The van der Waals surface area contributed by atoms with Crippen molar-refractivity contribution in [3.8, 4) is 11.8 Å². The zero-order chi connectivity index (χ0) is 13.9. The van der Waals surface area contributed by atoms with Gasteiger partial charge in [-0.25, -0.2) is 17.6 Å². The summed E-state index contributed by atoms with van der Waals surface area (Å²) in [6.07, 6.45) is 0. The van der Waals surface area contributed by atoms with Crippen molar-refractivity contribution >= 4 is 27.4 Å². The van der Waals surface area contributed by atoms with Gasteiger partial charge in [-0.15, -0.1) is 5.92 Å². The molecule has 18 heavy (non-hydrogen) atoms. The summed E-state index contributed by atoms with van der Waals surface area (Å²) >= 11 is 5.58. The maximum Gasteiger partial charge on any atom is 0.338 e. The topological polar surface area (TPSA) is 71.4 Å². The summed E-state index contributed by atoms with van der Waals surface area (Å²) < 4.78 is 37.2. The molecule has 0 amide bonds. The van der Waals surface area contributed by atoms with E-state index in [0.29, 0.717) is 0 Å². The first kappa shape index (κ1) is 14.5. The van der Waals surface area contributed by atoms with Gasteiger partial charge >= 0.3 is 5.97 Å². The molecule has 0 aliphatic carbocycles. The van der Waals surface area contributed by atoms with Gasteiger partial charge < -0.3 is 5.11 Å². The number of rotatable bonds is 3. The Labute approximate surface area is 108 Å². The summed E-state index contributed by atoms with van der Waals surface area (Å²) in [6, 6.07) is 1.72. The van der Waals surface area contributed by atoms with E-state index in [1.54, 1.807) is 0 Å². The van der Waals surface area contributed by atoms with E-state index < -0.39 is 37.8 Å². The van der Waals surface area contributed by atoms with Crippen LogP contribution in [-0.2, 0) is 9.84 Å². The van der Waals surface area contributed by atoms with Gasteiger partial charge in [0.2, 0.25) is 0 Å². The van der Waals surface area contributed by atoms with Crippen LogP contribution < -0.4 is 0 Å². The van der Waals surface area contributed by atoms with Gasteiger partial charge in [-0.05, 0) is 19.1 Å². The molecule has 96 valence electrons. The van der Waals surface area contributed by atoms with Crippen LogP contribution in [0.3, 0.4) is 0 Å². The van der Waals surface area contributed by atoms with Crippen LogP contribution in [0.1, 0.15) is 17.3 Å². The fourth-order valence-corrected chi connectivity index (χ4v) is 2.65. The summed E-state index contributed by atoms with van der Waals surface area (Å²) in [7, 11) is -4.03. The summed E-state index contributed by atoms with van der Waals surface area (Å²) in [4.78, 5) is 9.99. The Morgan fingerprint density at radius 1 is 1.50 bits per heavy atom. The minimum atomic E-state index is -4.03. The fourth-order valence-electron chi connectivity index (χ4n) is 1.19. The maximum absolute atomic E-state index is 13.8. The van der Waals surface area contributed by atoms with Crippen molar-refractivity contribution < 1.29 is 22.7 Å². The molecule has 7 heteroatoms. The van der Waals surface area contributed by atoms with E-state index in [1.807, 2.05) is 0 Å². The van der Waals surface area contributed by atoms with Crippen LogP contribution in [0.25, 0.3) is 0 Å². The Morgan fingerprint density at radius 3 is 2.61 bits per heavy atom. The molecule has 0 aliphatic rings. The minimum Gasteiger partial charge on any atom is -0.478 e. The SMILES string of the molecule is CC#CCS(=O)(=O)c1cc(Cl)cc(C(=O)O)c1F. The zero-order valence-electron chi connectivity index (χ0n) is 9.20. The molecule has 0 saturated heterocycles. The number of carboxylic acids is 1. The molecule has 0 unspecified atom stereocenters. The Bertz CT molecular complexity index is 656. The molecule has 0 spiro atoms. The monoisotopic (exact) mass is 290 g/mol. The summed E-state index contributed by atoms with van der Waals surface area (Å²) in [6.45, 7) is 1.44. The number of carboxylic acid groups (broad SMARTS) is 1. The predicted molar refractivity (Wildman–Crippen MR) is 63.9 cm³/mol. The average molecular weight is 291 g/mol.